The van der Waals surface area contributed by atoms with E-state index in [2.05, 4.69) is 21.0 Å². The quantitative estimate of drug-likeness (QED) is 0.719. The van der Waals surface area contributed by atoms with Gasteiger partial charge in [-0.1, -0.05) is 12.1 Å². The summed E-state index contributed by atoms with van der Waals surface area (Å²) in [6, 6.07) is 12.3. The Morgan fingerprint density at radius 3 is 2.89 bits per heavy atom. The minimum atomic E-state index is 0.104. The van der Waals surface area contributed by atoms with E-state index in [4.69, 9.17) is 0 Å². The van der Waals surface area contributed by atoms with E-state index >= 15 is 0 Å². The molecular weight excluding hydrogens is 338 g/mol. The number of pyridine rings is 2. The zero-order valence-electron chi connectivity index (χ0n) is 15.2. The first kappa shape index (κ1) is 16.4. The number of nitrogens with zero attached hydrogens (tertiary/aromatic N) is 5. The topological polar surface area (TPSA) is 53.7 Å². The molecule has 3 fully saturated rings. The third kappa shape index (κ3) is 3.10. The van der Waals surface area contributed by atoms with E-state index in [1.54, 1.807) is 10.7 Å². The van der Waals surface area contributed by atoms with E-state index in [1.165, 1.54) is 6.42 Å². The monoisotopic (exact) mass is 361 g/mol. The summed E-state index contributed by atoms with van der Waals surface area (Å²) in [5, 5.41) is 4.33. The van der Waals surface area contributed by atoms with Gasteiger partial charge in [0.2, 0.25) is 0 Å². The van der Waals surface area contributed by atoms with E-state index in [9.17, 15) is 4.79 Å². The summed E-state index contributed by atoms with van der Waals surface area (Å²) < 4.78 is 1.77. The van der Waals surface area contributed by atoms with Crippen molar-refractivity contribution in [1.82, 2.24) is 24.4 Å². The van der Waals surface area contributed by atoms with Gasteiger partial charge in [0, 0.05) is 44.6 Å². The van der Waals surface area contributed by atoms with Crippen LogP contribution in [0.2, 0.25) is 0 Å². The maximum absolute atomic E-state index is 13.3. The molecule has 0 aromatic carbocycles. The van der Waals surface area contributed by atoms with Crippen molar-refractivity contribution in [2.75, 3.05) is 19.6 Å². The Hall–Kier alpha value is -2.73. The van der Waals surface area contributed by atoms with Crippen LogP contribution < -0.4 is 0 Å². The van der Waals surface area contributed by atoms with E-state index < -0.39 is 0 Å². The Morgan fingerprint density at radius 2 is 2.00 bits per heavy atom. The highest BCUT2D eigenvalue weighted by molar-refractivity contribution is 6.00. The summed E-state index contributed by atoms with van der Waals surface area (Å²) >= 11 is 0. The number of carbonyl (C=O) groups excluding carboxylic acids is 1. The molecular formula is C21H23N5O. The van der Waals surface area contributed by atoms with Crippen molar-refractivity contribution in [1.29, 1.82) is 0 Å². The van der Waals surface area contributed by atoms with Gasteiger partial charge in [0.15, 0.2) is 0 Å². The van der Waals surface area contributed by atoms with Crippen LogP contribution in [0.1, 0.15) is 28.9 Å². The van der Waals surface area contributed by atoms with Gasteiger partial charge >= 0.3 is 0 Å². The largest absolute Gasteiger partial charge is 0.337 e. The SMILES string of the molecule is O=C(c1cnn2ccccc12)N1C[C@H]2CC[C@@H](C1)N(Cc1ccccn1)C2. The van der Waals surface area contributed by atoms with Crippen LogP contribution >= 0.6 is 0 Å². The molecule has 3 aromatic heterocycles. The molecule has 3 aromatic rings. The van der Waals surface area contributed by atoms with Gasteiger partial charge in [-0.25, -0.2) is 4.52 Å². The smallest absolute Gasteiger partial charge is 0.257 e. The number of piperidine rings is 1. The van der Waals surface area contributed by atoms with Gasteiger partial charge in [0.25, 0.3) is 5.91 Å². The molecule has 3 aliphatic heterocycles. The van der Waals surface area contributed by atoms with Crippen molar-refractivity contribution in [3.63, 3.8) is 0 Å². The van der Waals surface area contributed by atoms with Gasteiger partial charge in [-0.3, -0.25) is 14.7 Å². The lowest BCUT2D eigenvalue weighted by atomic mass is 9.95. The average Bonchev–Trinajstić information content (AvgIpc) is 2.92. The minimum absolute atomic E-state index is 0.104. The first-order chi connectivity index (χ1) is 13.3. The van der Waals surface area contributed by atoms with E-state index in [-0.39, 0.29) is 5.91 Å². The van der Waals surface area contributed by atoms with Crippen LogP contribution in [0.3, 0.4) is 0 Å². The molecule has 27 heavy (non-hydrogen) atoms. The van der Waals surface area contributed by atoms with Crippen LogP contribution in [0.4, 0.5) is 0 Å². The van der Waals surface area contributed by atoms with Gasteiger partial charge in [0.05, 0.1) is 23.0 Å². The highest BCUT2D eigenvalue weighted by Crippen LogP contribution is 2.30. The minimum Gasteiger partial charge on any atom is -0.337 e. The normalized spacial score (nSPS) is 22.9. The molecule has 3 saturated heterocycles. The molecule has 6 heteroatoms. The van der Waals surface area contributed by atoms with E-state index in [0.717, 1.165) is 43.8 Å². The lowest BCUT2D eigenvalue weighted by Crippen LogP contribution is -2.44. The van der Waals surface area contributed by atoms with Crippen LogP contribution in [0.5, 0.6) is 0 Å². The molecule has 6 heterocycles. The third-order valence-corrected chi connectivity index (χ3v) is 5.86. The van der Waals surface area contributed by atoms with Crippen molar-refractivity contribution in [3.05, 3.63) is 66.2 Å². The Kier molecular flexibility index (Phi) is 4.13. The predicted octanol–water partition coefficient (Wildman–Crippen LogP) is 2.47. The fourth-order valence-electron chi connectivity index (χ4n) is 4.51. The molecule has 0 aliphatic carbocycles. The second kappa shape index (κ2) is 6.78. The molecule has 0 saturated carbocycles. The molecule has 0 N–H and O–H groups in total. The summed E-state index contributed by atoms with van der Waals surface area (Å²) in [6.07, 6.45) is 7.79. The maximum Gasteiger partial charge on any atom is 0.257 e. The van der Waals surface area contributed by atoms with E-state index in [1.807, 2.05) is 47.6 Å². The highest BCUT2D eigenvalue weighted by Gasteiger charge is 2.37. The van der Waals surface area contributed by atoms with Crippen LogP contribution in [-0.2, 0) is 6.54 Å². The fraction of sp³-hybridized carbons (Fsp3) is 0.381. The molecule has 0 spiro atoms. The van der Waals surface area contributed by atoms with E-state index in [0.29, 0.717) is 17.5 Å². The van der Waals surface area contributed by atoms with Crippen molar-refractivity contribution in [2.24, 2.45) is 5.92 Å². The second-order valence-corrected chi connectivity index (χ2v) is 7.65. The Morgan fingerprint density at radius 1 is 1.07 bits per heavy atom. The zero-order valence-corrected chi connectivity index (χ0v) is 15.2. The Labute approximate surface area is 158 Å². The molecule has 0 radical (unpaired) electrons. The highest BCUT2D eigenvalue weighted by atomic mass is 16.2. The molecule has 6 rings (SSSR count). The first-order valence-corrected chi connectivity index (χ1v) is 9.63. The molecule has 2 bridgehead atoms. The predicted molar refractivity (Wildman–Crippen MR) is 102 cm³/mol. The molecule has 138 valence electrons. The van der Waals surface area contributed by atoms with Crippen LogP contribution in [0.15, 0.2) is 55.0 Å². The zero-order chi connectivity index (χ0) is 18.2. The average molecular weight is 361 g/mol. The van der Waals surface area contributed by atoms with Crippen molar-refractivity contribution in [3.8, 4) is 0 Å². The number of hydrogen-bond donors (Lipinski definition) is 0. The summed E-state index contributed by atoms with van der Waals surface area (Å²) in [4.78, 5) is 22.3. The lowest BCUT2D eigenvalue weighted by molar-refractivity contribution is 0.0737. The van der Waals surface area contributed by atoms with Gasteiger partial charge in [-0.2, -0.15) is 5.10 Å². The van der Waals surface area contributed by atoms with Crippen LogP contribution in [-0.4, -0.2) is 56.0 Å². The number of carbonyl (C=O) groups is 1. The number of amides is 1. The fourth-order valence-corrected chi connectivity index (χ4v) is 4.51. The summed E-state index contributed by atoms with van der Waals surface area (Å²) in [7, 11) is 0. The van der Waals surface area contributed by atoms with Crippen molar-refractivity contribution < 1.29 is 4.79 Å². The van der Waals surface area contributed by atoms with Gasteiger partial charge < -0.3 is 4.90 Å². The summed E-state index contributed by atoms with van der Waals surface area (Å²) in [5.41, 5.74) is 2.68. The Bertz CT molecular complexity index is 953. The second-order valence-electron chi connectivity index (χ2n) is 7.65. The van der Waals surface area contributed by atoms with Crippen LogP contribution in [0, 0.1) is 5.92 Å². The summed E-state index contributed by atoms with van der Waals surface area (Å²) in [5.74, 6) is 0.631. The standard InChI is InChI=1S/C21H23N5O/c27-21(19-11-23-26-10-4-2-6-20(19)26)25-13-16-7-8-18(15-25)24(12-16)14-17-5-1-3-9-22-17/h1-6,9-11,16,18H,7-8,12-15H2/t16-,18-/m0/s1. The number of rotatable bonds is 3. The number of fused-ring (bicyclic) bond motifs is 5. The van der Waals surface area contributed by atoms with Gasteiger partial charge in [-0.05, 0) is 43.0 Å². The van der Waals surface area contributed by atoms with Gasteiger partial charge in [0.1, 0.15) is 0 Å². The van der Waals surface area contributed by atoms with Gasteiger partial charge in [-0.15, -0.1) is 0 Å². The molecule has 1 amide bonds. The number of aromatic nitrogens is 3. The third-order valence-electron chi connectivity index (χ3n) is 5.86. The first-order valence-electron chi connectivity index (χ1n) is 9.63. The lowest BCUT2D eigenvalue weighted by Gasteiger charge is -2.35. The Balaban J connectivity index is 1.37. The molecule has 3 aliphatic rings. The number of hydrogen-bond acceptors (Lipinski definition) is 4. The maximum atomic E-state index is 13.3. The molecule has 0 unspecified atom stereocenters. The molecule has 6 nitrogen and oxygen atoms in total. The van der Waals surface area contributed by atoms with Crippen molar-refractivity contribution in [2.45, 2.75) is 25.4 Å². The van der Waals surface area contributed by atoms with Crippen LogP contribution in [0.25, 0.3) is 5.52 Å². The summed E-state index contributed by atoms with van der Waals surface area (Å²) in [6.45, 7) is 3.52. The van der Waals surface area contributed by atoms with Crippen molar-refractivity contribution >= 4 is 11.4 Å². The molecule has 2 atom stereocenters.